The van der Waals surface area contributed by atoms with Gasteiger partial charge in [0.15, 0.2) is 0 Å². The molecule has 0 aliphatic carbocycles. The highest BCUT2D eigenvalue weighted by atomic mass is 79.9. The first-order valence-corrected chi connectivity index (χ1v) is 6.19. The zero-order valence-electron chi connectivity index (χ0n) is 8.14. The third-order valence-corrected chi connectivity index (χ3v) is 3.99. The van der Waals surface area contributed by atoms with Gasteiger partial charge in [-0.1, -0.05) is 0 Å². The Hall–Kier alpha value is -1.08. The Balaban J connectivity index is 2.06. The van der Waals surface area contributed by atoms with E-state index in [1.807, 2.05) is 12.1 Å². The maximum absolute atomic E-state index is 11.4. The molecule has 2 amide bonds. The smallest absolute Gasteiger partial charge is 0.323 e. The summed E-state index contributed by atoms with van der Waals surface area (Å²) < 4.78 is 0.994. The molecular weight excluding hydrogens is 296 g/mol. The summed E-state index contributed by atoms with van der Waals surface area (Å²) in [6, 6.07) is 3.40. The zero-order valence-corrected chi connectivity index (χ0v) is 10.5. The molecule has 0 bridgehead atoms. The molecule has 1 aliphatic heterocycles. The van der Waals surface area contributed by atoms with Crippen LogP contribution in [0.15, 0.2) is 15.9 Å². The van der Waals surface area contributed by atoms with Crippen molar-refractivity contribution in [3.8, 4) is 0 Å². The summed E-state index contributed by atoms with van der Waals surface area (Å²) in [5.41, 5.74) is 0. The zero-order chi connectivity index (χ0) is 11.7. The molecule has 5 nitrogen and oxygen atoms in total. The number of nitrogens with zero attached hydrogens (tertiary/aromatic N) is 1. The van der Waals surface area contributed by atoms with E-state index in [4.69, 9.17) is 5.11 Å². The summed E-state index contributed by atoms with van der Waals surface area (Å²) in [7, 11) is 0. The van der Waals surface area contributed by atoms with E-state index in [0.717, 1.165) is 8.66 Å². The molecule has 0 aromatic carbocycles. The third-order valence-electron chi connectivity index (χ3n) is 2.25. The number of carbonyl (C=O) groups is 2. The SMILES string of the molecule is O=C(O)CN1CC(c2ccc(Br)s2)NC1=O. The lowest BCUT2D eigenvalue weighted by atomic mass is 10.2. The number of carboxylic acid groups (broad SMARTS) is 1. The quantitative estimate of drug-likeness (QED) is 0.892. The Morgan fingerprint density at radius 2 is 2.44 bits per heavy atom. The lowest BCUT2D eigenvalue weighted by molar-refractivity contribution is -0.137. The van der Waals surface area contributed by atoms with Crippen LogP contribution < -0.4 is 5.32 Å². The molecule has 86 valence electrons. The Morgan fingerprint density at radius 3 is 3.00 bits per heavy atom. The normalized spacial score (nSPS) is 19.9. The van der Waals surface area contributed by atoms with Gasteiger partial charge in [-0.2, -0.15) is 0 Å². The van der Waals surface area contributed by atoms with Gasteiger partial charge in [-0.25, -0.2) is 4.79 Å². The summed E-state index contributed by atoms with van der Waals surface area (Å²) >= 11 is 4.88. The highest BCUT2D eigenvalue weighted by Crippen LogP contribution is 2.29. The molecule has 0 spiro atoms. The van der Waals surface area contributed by atoms with Gasteiger partial charge in [0.05, 0.1) is 9.83 Å². The number of halogens is 1. The van der Waals surface area contributed by atoms with Gasteiger partial charge in [0.1, 0.15) is 6.54 Å². The van der Waals surface area contributed by atoms with Crippen molar-refractivity contribution in [3.63, 3.8) is 0 Å². The molecule has 1 saturated heterocycles. The summed E-state index contributed by atoms with van der Waals surface area (Å²) in [5, 5.41) is 11.4. The number of hydrogen-bond donors (Lipinski definition) is 2. The molecule has 1 aromatic rings. The molecule has 7 heteroatoms. The fraction of sp³-hybridized carbons (Fsp3) is 0.333. The van der Waals surface area contributed by atoms with Crippen LogP contribution in [0.3, 0.4) is 0 Å². The molecule has 2 rings (SSSR count). The van der Waals surface area contributed by atoms with Gasteiger partial charge in [0, 0.05) is 11.4 Å². The number of aliphatic carboxylic acids is 1. The van der Waals surface area contributed by atoms with E-state index < -0.39 is 5.97 Å². The third kappa shape index (κ3) is 2.35. The highest BCUT2D eigenvalue weighted by molar-refractivity contribution is 9.11. The predicted octanol–water partition coefficient (Wildman–Crippen LogP) is 1.66. The van der Waals surface area contributed by atoms with Crippen LogP contribution in [-0.4, -0.2) is 35.1 Å². The molecule has 1 aliphatic rings. The Labute approximate surface area is 104 Å². The lowest BCUT2D eigenvalue weighted by Gasteiger charge is -2.10. The van der Waals surface area contributed by atoms with Crippen LogP contribution in [0.1, 0.15) is 10.9 Å². The van der Waals surface area contributed by atoms with Crippen molar-refractivity contribution in [2.24, 2.45) is 0 Å². The average Bonchev–Trinajstić information content (AvgIpc) is 2.74. The van der Waals surface area contributed by atoms with E-state index in [1.54, 1.807) is 0 Å². The van der Waals surface area contributed by atoms with Crippen LogP contribution in [0, 0.1) is 0 Å². The minimum absolute atomic E-state index is 0.108. The average molecular weight is 305 g/mol. The predicted molar refractivity (Wildman–Crippen MR) is 62.5 cm³/mol. The van der Waals surface area contributed by atoms with Crippen LogP contribution in [-0.2, 0) is 4.79 Å². The van der Waals surface area contributed by atoms with Gasteiger partial charge in [-0.05, 0) is 28.1 Å². The fourth-order valence-corrected chi connectivity index (χ4v) is 3.03. The summed E-state index contributed by atoms with van der Waals surface area (Å²) in [4.78, 5) is 24.3. The van der Waals surface area contributed by atoms with Gasteiger partial charge in [0.25, 0.3) is 0 Å². The molecule has 1 aromatic heterocycles. The van der Waals surface area contributed by atoms with Crippen molar-refractivity contribution in [2.75, 3.05) is 13.1 Å². The van der Waals surface area contributed by atoms with E-state index in [0.29, 0.717) is 6.54 Å². The number of hydrogen-bond acceptors (Lipinski definition) is 3. The minimum atomic E-state index is -0.997. The van der Waals surface area contributed by atoms with Gasteiger partial charge >= 0.3 is 12.0 Å². The van der Waals surface area contributed by atoms with Crippen molar-refractivity contribution in [1.29, 1.82) is 0 Å². The van der Waals surface area contributed by atoms with Gasteiger partial charge < -0.3 is 15.3 Å². The Bertz CT molecular complexity index is 434. The highest BCUT2D eigenvalue weighted by Gasteiger charge is 2.31. The van der Waals surface area contributed by atoms with Crippen LogP contribution in [0.25, 0.3) is 0 Å². The number of rotatable bonds is 3. The first kappa shape index (κ1) is 11.4. The van der Waals surface area contributed by atoms with Crippen LogP contribution in [0.2, 0.25) is 0 Å². The molecule has 1 fully saturated rings. The van der Waals surface area contributed by atoms with Gasteiger partial charge in [0.2, 0.25) is 0 Å². The Morgan fingerprint density at radius 1 is 1.69 bits per heavy atom. The van der Waals surface area contributed by atoms with Crippen molar-refractivity contribution >= 4 is 39.3 Å². The van der Waals surface area contributed by atoms with E-state index in [1.165, 1.54) is 16.2 Å². The maximum Gasteiger partial charge on any atom is 0.323 e. The van der Waals surface area contributed by atoms with Crippen molar-refractivity contribution < 1.29 is 14.7 Å². The Kier molecular flexibility index (Phi) is 3.15. The fourth-order valence-electron chi connectivity index (χ4n) is 1.57. The number of carbonyl (C=O) groups excluding carboxylic acids is 1. The monoisotopic (exact) mass is 304 g/mol. The second kappa shape index (κ2) is 4.42. The number of thiophene rings is 1. The lowest BCUT2D eigenvalue weighted by Crippen LogP contribution is -2.32. The maximum atomic E-state index is 11.4. The van der Waals surface area contributed by atoms with Crippen LogP contribution >= 0.6 is 27.3 Å². The number of carboxylic acids is 1. The standard InChI is InChI=1S/C9H9BrN2O3S/c10-7-2-1-6(16-7)5-3-12(4-8(13)14)9(15)11-5/h1-2,5H,3-4H2,(H,11,15)(H,13,14). The molecule has 2 N–H and O–H groups in total. The molecular formula is C9H9BrN2O3S. The van der Waals surface area contributed by atoms with E-state index in [2.05, 4.69) is 21.2 Å². The molecule has 0 saturated carbocycles. The largest absolute Gasteiger partial charge is 0.480 e. The molecule has 1 unspecified atom stereocenters. The van der Waals surface area contributed by atoms with Gasteiger partial charge in [-0.3, -0.25) is 4.79 Å². The number of urea groups is 1. The van der Waals surface area contributed by atoms with Crippen LogP contribution in [0.5, 0.6) is 0 Å². The van der Waals surface area contributed by atoms with Gasteiger partial charge in [-0.15, -0.1) is 11.3 Å². The molecule has 2 heterocycles. The molecule has 0 radical (unpaired) electrons. The first-order chi connectivity index (χ1) is 7.56. The molecule has 16 heavy (non-hydrogen) atoms. The van der Waals surface area contributed by atoms with E-state index in [-0.39, 0.29) is 18.6 Å². The first-order valence-electron chi connectivity index (χ1n) is 4.58. The van der Waals surface area contributed by atoms with Crippen molar-refractivity contribution in [3.05, 3.63) is 20.8 Å². The second-order valence-corrected chi connectivity index (χ2v) is 5.91. The topological polar surface area (TPSA) is 69.6 Å². The molecule has 1 atom stereocenters. The van der Waals surface area contributed by atoms with E-state index >= 15 is 0 Å². The minimum Gasteiger partial charge on any atom is -0.480 e. The summed E-state index contributed by atoms with van der Waals surface area (Å²) in [6.45, 7) is 0.146. The summed E-state index contributed by atoms with van der Waals surface area (Å²) in [6.07, 6.45) is 0. The number of amides is 2. The van der Waals surface area contributed by atoms with Crippen LogP contribution in [0.4, 0.5) is 4.79 Å². The van der Waals surface area contributed by atoms with E-state index in [9.17, 15) is 9.59 Å². The number of nitrogens with one attached hydrogen (secondary N) is 1. The second-order valence-electron chi connectivity index (χ2n) is 3.42. The van der Waals surface area contributed by atoms with Crippen molar-refractivity contribution in [2.45, 2.75) is 6.04 Å². The van der Waals surface area contributed by atoms with Crippen molar-refractivity contribution in [1.82, 2.24) is 10.2 Å². The summed E-state index contributed by atoms with van der Waals surface area (Å²) in [5.74, 6) is -0.997.